The van der Waals surface area contributed by atoms with Gasteiger partial charge in [0.15, 0.2) is 0 Å². The highest BCUT2D eigenvalue weighted by atomic mass is 16.5. The van der Waals surface area contributed by atoms with Gasteiger partial charge >= 0.3 is 5.97 Å². The normalized spacial score (nSPS) is 14.7. The Balaban J connectivity index is 4.54. The molecule has 0 saturated carbocycles. The Kier molecular flexibility index (Phi) is 7.39. The molecule has 0 aliphatic rings. The summed E-state index contributed by atoms with van der Waals surface area (Å²) in [5, 5.41) is 0. The van der Waals surface area contributed by atoms with Gasteiger partial charge in [0.25, 0.3) is 0 Å². The molecule has 2 N–H and O–H groups in total. The Morgan fingerprint density at radius 3 is 2.27 bits per heavy atom. The maximum Gasteiger partial charge on any atom is 0.313 e. The van der Waals surface area contributed by atoms with Crippen LogP contribution in [-0.2, 0) is 9.53 Å². The van der Waals surface area contributed by atoms with Crippen LogP contribution in [0.15, 0.2) is 0 Å². The van der Waals surface area contributed by atoms with E-state index < -0.39 is 5.41 Å². The summed E-state index contributed by atoms with van der Waals surface area (Å²) in [6.45, 7) is 6.88. The van der Waals surface area contributed by atoms with E-state index in [0.29, 0.717) is 13.2 Å². The van der Waals surface area contributed by atoms with Crippen LogP contribution in [0.2, 0.25) is 0 Å². The highest BCUT2D eigenvalue weighted by Gasteiger charge is 2.36. The number of hydrogen-bond acceptors (Lipinski definition) is 3. The van der Waals surface area contributed by atoms with Crippen molar-refractivity contribution in [3.63, 3.8) is 0 Å². The average molecular weight is 215 g/mol. The first-order valence-electron chi connectivity index (χ1n) is 6.04. The lowest BCUT2D eigenvalue weighted by molar-refractivity contribution is -0.156. The molecule has 1 atom stereocenters. The number of carbonyl (C=O) groups is 1. The summed E-state index contributed by atoms with van der Waals surface area (Å²) >= 11 is 0. The third-order valence-corrected chi connectivity index (χ3v) is 2.84. The second-order valence-corrected chi connectivity index (χ2v) is 4.06. The Morgan fingerprint density at radius 1 is 1.20 bits per heavy atom. The zero-order chi connectivity index (χ0) is 11.7. The fourth-order valence-electron chi connectivity index (χ4n) is 1.89. The third-order valence-electron chi connectivity index (χ3n) is 2.84. The standard InChI is InChI=1S/C12H25NO2/c1-4-7-9-12(10-13,8-5-2)11(14)15-6-3/h4-10,13H2,1-3H3. The molecule has 0 amide bonds. The molecule has 0 aliphatic carbocycles. The molecule has 1 unspecified atom stereocenters. The van der Waals surface area contributed by atoms with Crippen molar-refractivity contribution >= 4 is 5.97 Å². The topological polar surface area (TPSA) is 52.3 Å². The second kappa shape index (κ2) is 7.69. The molecule has 0 spiro atoms. The molecular formula is C12H25NO2. The first kappa shape index (κ1) is 14.4. The van der Waals surface area contributed by atoms with Crippen molar-refractivity contribution in [2.45, 2.75) is 52.9 Å². The Labute approximate surface area is 93.4 Å². The van der Waals surface area contributed by atoms with Crippen LogP contribution < -0.4 is 5.73 Å². The largest absolute Gasteiger partial charge is 0.466 e. The molecule has 15 heavy (non-hydrogen) atoms. The minimum Gasteiger partial charge on any atom is -0.466 e. The van der Waals surface area contributed by atoms with E-state index in [0.717, 1.165) is 32.1 Å². The Hall–Kier alpha value is -0.570. The van der Waals surface area contributed by atoms with Gasteiger partial charge in [0, 0.05) is 6.54 Å². The van der Waals surface area contributed by atoms with Crippen LogP contribution in [0.25, 0.3) is 0 Å². The smallest absolute Gasteiger partial charge is 0.313 e. The maximum atomic E-state index is 11.9. The van der Waals surface area contributed by atoms with E-state index in [1.807, 2.05) is 6.92 Å². The number of hydrogen-bond donors (Lipinski definition) is 1. The van der Waals surface area contributed by atoms with Gasteiger partial charge in [0.2, 0.25) is 0 Å². The fraction of sp³-hybridized carbons (Fsp3) is 0.917. The first-order valence-corrected chi connectivity index (χ1v) is 6.04. The zero-order valence-corrected chi connectivity index (χ0v) is 10.3. The molecule has 0 aromatic carbocycles. The van der Waals surface area contributed by atoms with Crippen LogP contribution in [0.1, 0.15) is 52.9 Å². The number of unbranched alkanes of at least 4 members (excludes halogenated alkanes) is 1. The fourth-order valence-corrected chi connectivity index (χ4v) is 1.89. The van der Waals surface area contributed by atoms with E-state index in [2.05, 4.69) is 13.8 Å². The highest BCUT2D eigenvalue weighted by molar-refractivity contribution is 5.77. The molecule has 0 radical (unpaired) electrons. The first-order chi connectivity index (χ1) is 7.16. The van der Waals surface area contributed by atoms with Crippen LogP contribution in [0.5, 0.6) is 0 Å². The van der Waals surface area contributed by atoms with Crippen molar-refractivity contribution in [1.82, 2.24) is 0 Å². The van der Waals surface area contributed by atoms with Crippen LogP contribution in [0.4, 0.5) is 0 Å². The molecule has 0 rings (SSSR count). The summed E-state index contributed by atoms with van der Waals surface area (Å²) in [7, 11) is 0. The highest BCUT2D eigenvalue weighted by Crippen LogP contribution is 2.31. The molecule has 0 bridgehead atoms. The van der Waals surface area contributed by atoms with Crippen molar-refractivity contribution in [3.8, 4) is 0 Å². The predicted octanol–water partition coefficient (Wildman–Crippen LogP) is 2.48. The van der Waals surface area contributed by atoms with E-state index in [-0.39, 0.29) is 5.97 Å². The van der Waals surface area contributed by atoms with Crippen LogP contribution in [0, 0.1) is 5.41 Å². The van der Waals surface area contributed by atoms with Gasteiger partial charge in [-0.05, 0) is 19.8 Å². The van der Waals surface area contributed by atoms with Gasteiger partial charge in [-0.25, -0.2) is 0 Å². The summed E-state index contributed by atoms with van der Waals surface area (Å²) in [5.74, 6) is -0.109. The SMILES string of the molecule is CCCCC(CN)(CCC)C(=O)OCC. The van der Waals surface area contributed by atoms with Crippen molar-refractivity contribution in [2.75, 3.05) is 13.2 Å². The number of esters is 1. The molecule has 0 aromatic heterocycles. The number of ether oxygens (including phenoxy) is 1. The molecule has 0 fully saturated rings. The van der Waals surface area contributed by atoms with E-state index >= 15 is 0 Å². The molecule has 0 aliphatic heterocycles. The summed E-state index contributed by atoms with van der Waals surface area (Å²) in [6.07, 6.45) is 4.79. The van der Waals surface area contributed by atoms with E-state index in [1.165, 1.54) is 0 Å². The molecule has 0 aromatic rings. The quantitative estimate of drug-likeness (QED) is 0.633. The van der Waals surface area contributed by atoms with Gasteiger partial charge in [-0.1, -0.05) is 33.1 Å². The number of rotatable bonds is 8. The molecule has 90 valence electrons. The lowest BCUT2D eigenvalue weighted by Gasteiger charge is -2.29. The van der Waals surface area contributed by atoms with Crippen molar-refractivity contribution in [1.29, 1.82) is 0 Å². The van der Waals surface area contributed by atoms with Gasteiger partial charge in [-0.15, -0.1) is 0 Å². The van der Waals surface area contributed by atoms with Gasteiger partial charge in [-0.3, -0.25) is 4.79 Å². The summed E-state index contributed by atoms with van der Waals surface area (Å²) < 4.78 is 5.13. The van der Waals surface area contributed by atoms with E-state index in [9.17, 15) is 4.79 Å². The molecular weight excluding hydrogens is 190 g/mol. The molecule has 3 nitrogen and oxygen atoms in total. The van der Waals surface area contributed by atoms with Gasteiger partial charge in [0.1, 0.15) is 0 Å². The summed E-state index contributed by atoms with van der Waals surface area (Å²) in [5.41, 5.74) is 5.34. The molecule has 0 saturated heterocycles. The van der Waals surface area contributed by atoms with Crippen molar-refractivity contribution in [3.05, 3.63) is 0 Å². The van der Waals surface area contributed by atoms with Gasteiger partial charge in [0.05, 0.1) is 12.0 Å². The average Bonchev–Trinajstić information content (AvgIpc) is 2.24. The van der Waals surface area contributed by atoms with Crippen LogP contribution >= 0.6 is 0 Å². The lowest BCUT2D eigenvalue weighted by Crippen LogP contribution is -2.40. The minimum atomic E-state index is -0.430. The lowest BCUT2D eigenvalue weighted by atomic mass is 9.79. The maximum absolute atomic E-state index is 11.9. The minimum absolute atomic E-state index is 0.109. The molecule has 3 heteroatoms. The summed E-state index contributed by atoms with van der Waals surface area (Å²) in [4.78, 5) is 11.9. The molecule has 0 heterocycles. The third kappa shape index (κ3) is 4.20. The van der Waals surface area contributed by atoms with E-state index in [1.54, 1.807) is 0 Å². The van der Waals surface area contributed by atoms with Crippen LogP contribution in [0.3, 0.4) is 0 Å². The number of carbonyl (C=O) groups excluding carboxylic acids is 1. The van der Waals surface area contributed by atoms with Gasteiger partial charge < -0.3 is 10.5 Å². The zero-order valence-electron chi connectivity index (χ0n) is 10.3. The second-order valence-electron chi connectivity index (χ2n) is 4.06. The monoisotopic (exact) mass is 215 g/mol. The predicted molar refractivity (Wildman–Crippen MR) is 62.6 cm³/mol. The van der Waals surface area contributed by atoms with Crippen molar-refractivity contribution in [2.24, 2.45) is 11.1 Å². The van der Waals surface area contributed by atoms with E-state index in [4.69, 9.17) is 10.5 Å². The Bertz CT molecular complexity index is 182. The number of nitrogens with two attached hydrogens (primary N) is 1. The van der Waals surface area contributed by atoms with Crippen molar-refractivity contribution < 1.29 is 9.53 Å². The Morgan fingerprint density at radius 2 is 1.87 bits per heavy atom. The van der Waals surface area contributed by atoms with Crippen LogP contribution in [-0.4, -0.2) is 19.1 Å². The summed E-state index contributed by atoms with van der Waals surface area (Å²) in [6, 6.07) is 0. The van der Waals surface area contributed by atoms with Gasteiger partial charge in [-0.2, -0.15) is 0 Å².